The molecular weight excluding hydrogens is 212 g/mol. The Kier molecular flexibility index (Phi) is 3.84. The summed E-state index contributed by atoms with van der Waals surface area (Å²) < 4.78 is 0. The van der Waals surface area contributed by atoms with Crippen molar-refractivity contribution in [2.75, 3.05) is 10.7 Å². The second kappa shape index (κ2) is 5.36. The fourth-order valence-electron chi connectivity index (χ4n) is 2.87. The second-order valence-corrected chi connectivity index (χ2v) is 5.31. The molecule has 0 bridgehead atoms. The van der Waals surface area contributed by atoms with Crippen molar-refractivity contribution in [2.45, 2.75) is 39.2 Å². The van der Waals surface area contributed by atoms with Crippen LogP contribution in [0.5, 0.6) is 0 Å². The molecule has 2 unspecified atom stereocenters. The van der Waals surface area contributed by atoms with E-state index in [1.54, 1.807) is 0 Å². The van der Waals surface area contributed by atoms with Crippen LogP contribution in [0, 0.1) is 11.8 Å². The Balaban J connectivity index is 1.99. The number of nitrogens with zero attached hydrogens (tertiary/aromatic N) is 1. The topological polar surface area (TPSA) is 63.0 Å². The summed E-state index contributed by atoms with van der Waals surface area (Å²) in [7, 11) is 0. The molecule has 0 saturated heterocycles. The van der Waals surface area contributed by atoms with Crippen LogP contribution in [0.1, 0.15) is 33.1 Å². The monoisotopic (exact) mass is 234 g/mol. The molecule has 1 aromatic rings. The number of hydrazine groups is 1. The summed E-state index contributed by atoms with van der Waals surface area (Å²) in [6, 6.07) is 6.34. The quantitative estimate of drug-likeness (QED) is 0.555. The largest absolute Gasteiger partial charge is 0.367 e. The summed E-state index contributed by atoms with van der Waals surface area (Å²) >= 11 is 0. The average molecular weight is 234 g/mol. The SMILES string of the molecule is CC1CC(C)CC(Nc2cccc(NN)n2)C1. The minimum Gasteiger partial charge on any atom is -0.367 e. The zero-order valence-corrected chi connectivity index (χ0v) is 10.6. The molecule has 4 heteroatoms. The molecular formula is C13H22N4. The van der Waals surface area contributed by atoms with E-state index in [9.17, 15) is 0 Å². The van der Waals surface area contributed by atoms with Crippen LogP contribution >= 0.6 is 0 Å². The summed E-state index contributed by atoms with van der Waals surface area (Å²) in [5.74, 6) is 8.56. The first-order valence-corrected chi connectivity index (χ1v) is 6.37. The number of rotatable bonds is 3. The average Bonchev–Trinajstić information content (AvgIpc) is 2.28. The van der Waals surface area contributed by atoms with Gasteiger partial charge in [-0.05, 0) is 43.2 Å². The number of nitrogens with two attached hydrogens (primary N) is 1. The van der Waals surface area contributed by atoms with Gasteiger partial charge in [0.15, 0.2) is 0 Å². The molecule has 0 amide bonds. The van der Waals surface area contributed by atoms with Gasteiger partial charge in [0.25, 0.3) is 0 Å². The highest BCUT2D eigenvalue weighted by molar-refractivity contribution is 5.44. The Bertz CT molecular complexity index is 356. The zero-order chi connectivity index (χ0) is 12.3. The molecule has 4 N–H and O–H groups in total. The van der Waals surface area contributed by atoms with Crippen LogP contribution < -0.4 is 16.6 Å². The van der Waals surface area contributed by atoms with Crippen molar-refractivity contribution in [3.05, 3.63) is 18.2 Å². The fourth-order valence-corrected chi connectivity index (χ4v) is 2.87. The lowest BCUT2D eigenvalue weighted by atomic mass is 9.80. The van der Waals surface area contributed by atoms with Gasteiger partial charge in [-0.2, -0.15) is 0 Å². The van der Waals surface area contributed by atoms with Crippen LogP contribution in [-0.2, 0) is 0 Å². The van der Waals surface area contributed by atoms with E-state index in [0.717, 1.165) is 17.7 Å². The smallest absolute Gasteiger partial charge is 0.142 e. The van der Waals surface area contributed by atoms with Gasteiger partial charge in [-0.15, -0.1) is 0 Å². The Morgan fingerprint density at radius 1 is 1.12 bits per heavy atom. The third-order valence-corrected chi connectivity index (χ3v) is 3.43. The predicted octanol–water partition coefficient (Wildman–Crippen LogP) is 2.60. The van der Waals surface area contributed by atoms with E-state index in [1.807, 2.05) is 18.2 Å². The maximum Gasteiger partial charge on any atom is 0.142 e. The number of anilines is 2. The summed E-state index contributed by atoms with van der Waals surface area (Å²) in [6.07, 6.45) is 3.80. The molecule has 1 saturated carbocycles. The van der Waals surface area contributed by atoms with Gasteiger partial charge in [0.2, 0.25) is 0 Å². The van der Waals surface area contributed by atoms with Crippen molar-refractivity contribution in [1.29, 1.82) is 0 Å². The minimum absolute atomic E-state index is 0.536. The van der Waals surface area contributed by atoms with Crippen LogP contribution in [0.3, 0.4) is 0 Å². The summed E-state index contributed by atoms with van der Waals surface area (Å²) in [5, 5.41) is 3.51. The Morgan fingerprint density at radius 3 is 2.41 bits per heavy atom. The molecule has 17 heavy (non-hydrogen) atoms. The van der Waals surface area contributed by atoms with Crippen LogP contribution in [0.4, 0.5) is 11.6 Å². The Labute approximate surface area is 103 Å². The number of pyridine rings is 1. The number of hydrogen-bond donors (Lipinski definition) is 3. The van der Waals surface area contributed by atoms with E-state index in [1.165, 1.54) is 19.3 Å². The van der Waals surface area contributed by atoms with Gasteiger partial charge < -0.3 is 10.7 Å². The molecule has 0 aliphatic heterocycles. The van der Waals surface area contributed by atoms with Crippen molar-refractivity contribution < 1.29 is 0 Å². The van der Waals surface area contributed by atoms with E-state index >= 15 is 0 Å². The highest BCUT2D eigenvalue weighted by Gasteiger charge is 2.23. The highest BCUT2D eigenvalue weighted by Crippen LogP contribution is 2.30. The summed E-state index contributed by atoms with van der Waals surface area (Å²) in [5.41, 5.74) is 2.57. The number of hydrogen-bond acceptors (Lipinski definition) is 4. The van der Waals surface area contributed by atoms with Crippen molar-refractivity contribution in [3.63, 3.8) is 0 Å². The van der Waals surface area contributed by atoms with Crippen LogP contribution in [0.15, 0.2) is 18.2 Å². The molecule has 1 aromatic heterocycles. The van der Waals surface area contributed by atoms with Gasteiger partial charge in [-0.3, -0.25) is 0 Å². The first kappa shape index (κ1) is 12.2. The molecule has 1 heterocycles. The molecule has 4 nitrogen and oxygen atoms in total. The molecule has 2 rings (SSSR count). The zero-order valence-electron chi connectivity index (χ0n) is 10.6. The molecule has 1 fully saturated rings. The molecule has 1 aliphatic carbocycles. The van der Waals surface area contributed by atoms with Gasteiger partial charge in [0.05, 0.1) is 0 Å². The van der Waals surface area contributed by atoms with Crippen molar-refractivity contribution >= 4 is 11.6 Å². The molecule has 94 valence electrons. The lowest BCUT2D eigenvalue weighted by molar-refractivity contribution is 0.280. The third kappa shape index (κ3) is 3.33. The first-order valence-electron chi connectivity index (χ1n) is 6.37. The van der Waals surface area contributed by atoms with E-state index in [2.05, 4.69) is 29.6 Å². The maximum absolute atomic E-state index is 5.36. The number of aromatic nitrogens is 1. The van der Waals surface area contributed by atoms with Crippen LogP contribution in [0.2, 0.25) is 0 Å². The van der Waals surface area contributed by atoms with Gasteiger partial charge in [0.1, 0.15) is 11.6 Å². The number of nitrogen functional groups attached to an aromatic ring is 1. The second-order valence-electron chi connectivity index (χ2n) is 5.31. The van der Waals surface area contributed by atoms with Gasteiger partial charge >= 0.3 is 0 Å². The Morgan fingerprint density at radius 2 is 1.76 bits per heavy atom. The molecule has 0 aromatic carbocycles. The molecule has 0 spiro atoms. The predicted molar refractivity (Wildman–Crippen MR) is 71.6 cm³/mol. The maximum atomic E-state index is 5.36. The normalized spacial score (nSPS) is 28.8. The first-order chi connectivity index (χ1) is 8.17. The summed E-state index contributed by atoms with van der Waals surface area (Å²) in [6.45, 7) is 4.66. The highest BCUT2D eigenvalue weighted by atomic mass is 15.3. The van der Waals surface area contributed by atoms with Crippen molar-refractivity contribution in [1.82, 2.24) is 4.98 Å². The lowest BCUT2D eigenvalue weighted by Gasteiger charge is -2.32. The molecule has 2 atom stereocenters. The molecule has 1 aliphatic rings. The van der Waals surface area contributed by atoms with Gasteiger partial charge in [0, 0.05) is 6.04 Å². The van der Waals surface area contributed by atoms with E-state index < -0.39 is 0 Å². The Hall–Kier alpha value is -1.29. The van der Waals surface area contributed by atoms with Gasteiger partial charge in [-0.1, -0.05) is 19.9 Å². The minimum atomic E-state index is 0.536. The van der Waals surface area contributed by atoms with Crippen LogP contribution in [-0.4, -0.2) is 11.0 Å². The lowest BCUT2D eigenvalue weighted by Crippen LogP contribution is -2.30. The standard InChI is InChI=1S/C13H22N4/c1-9-6-10(2)8-11(7-9)15-12-4-3-5-13(16-12)17-14/h3-5,9-11H,6-8,14H2,1-2H3,(H2,15,16,17). The van der Waals surface area contributed by atoms with E-state index in [-0.39, 0.29) is 0 Å². The van der Waals surface area contributed by atoms with Crippen molar-refractivity contribution in [2.24, 2.45) is 17.7 Å². The molecule has 0 radical (unpaired) electrons. The fraction of sp³-hybridized carbons (Fsp3) is 0.615. The summed E-state index contributed by atoms with van der Waals surface area (Å²) in [4.78, 5) is 4.39. The van der Waals surface area contributed by atoms with E-state index in [0.29, 0.717) is 11.9 Å². The van der Waals surface area contributed by atoms with Crippen molar-refractivity contribution in [3.8, 4) is 0 Å². The number of nitrogens with one attached hydrogen (secondary N) is 2. The van der Waals surface area contributed by atoms with E-state index in [4.69, 9.17) is 5.84 Å². The third-order valence-electron chi connectivity index (χ3n) is 3.43. The van der Waals surface area contributed by atoms with Gasteiger partial charge in [-0.25, -0.2) is 10.8 Å². The van der Waals surface area contributed by atoms with Crippen LogP contribution in [0.25, 0.3) is 0 Å².